The summed E-state index contributed by atoms with van der Waals surface area (Å²) in [6, 6.07) is 63.4. The number of aryl methyl sites for hydroxylation is 3. The Labute approximate surface area is 569 Å². The van der Waals surface area contributed by atoms with Crippen LogP contribution in [0.25, 0.3) is 0 Å². The van der Waals surface area contributed by atoms with E-state index in [9.17, 15) is 19.2 Å². The van der Waals surface area contributed by atoms with Crippen LogP contribution in [0.3, 0.4) is 0 Å². The van der Waals surface area contributed by atoms with Crippen LogP contribution < -0.4 is 18.9 Å². The van der Waals surface area contributed by atoms with Gasteiger partial charge in [-0.15, -0.1) is 22.0 Å². The average Bonchev–Trinajstić information content (AvgIpc) is 1.25. The van der Waals surface area contributed by atoms with Crippen LogP contribution in [-0.4, -0.2) is 125 Å². The normalized spacial score (nSPS) is 11.9. The quantitative estimate of drug-likeness (QED) is 0.0288. The average molecular weight is 1350 g/mol. The summed E-state index contributed by atoms with van der Waals surface area (Å²) >= 11 is 6.43. The fourth-order valence-electron chi connectivity index (χ4n) is 9.36. The third-order valence-electron chi connectivity index (χ3n) is 14.7. The summed E-state index contributed by atoms with van der Waals surface area (Å²) in [5.74, 6) is 6.68. The number of aromatic amines is 1. The molecule has 0 aliphatic rings. The predicted molar refractivity (Wildman–Crippen MR) is 383 cm³/mol. The zero-order chi connectivity index (χ0) is 67.5. The molecule has 0 radical (unpaired) electrons. The van der Waals surface area contributed by atoms with Gasteiger partial charge in [0.1, 0.15) is 23.0 Å². The lowest BCUT2D eigenvalue weighted by molar-refractivity contribution is 0.0974. The van der Waals surface area contributed by atoms with E-state index in [0.717, 1.165) is 84.2 Å². The van der Waals surface area contributed by atoms with Gasteiger partial charge in [0.25, 0.3) is 0 Å². The number of H-pyrrole nitrogens is 1. The summed E-state index contributed by atoms with van der Waals surface area (Å²) in [5.41, 5.74) is 10.6. The Hall–Kier alpha value is -8.01. The highest BCUT2D eigenvalue weighted by Gasteiger charge is 2.22. The van der Waals surface area contributed by atoms with E-state index in [1.807, 2.05) is 221 Å². The number of aromatic nitrogens is 4. The fraction of sp³-hybridized carbons (Fsp3) is 0.293. The first-order valence-electron chi connectivity index (χ1n) is 30.6. The van der Waals surface area contributed by atoms with Gasteiger partial charge in [-0.3, -0.25) is 19.2 Å². The number of thioether (sulfide) groups is 4. The minimum Gasteiger partial charge on any atom is -0.497 e. The number of tetrazole rings is 1. The van der Waals surface area contributed by atoms with Crippen LogP contribution in [0.1, 0.15) is 133 Å². The highest BCUT2D eigenvalue weighted by Crippen LogP contribution is 2.38. The molecule has 0 aliphatic carbocycles. The molecule has 8 aromatic carbocycles. The van der Waals surface area contributed by atoms with Crippen LogP contribution in [-0.2, 0) is 5.75 Å². The monoisotopic (exact) mass is 1340 g/mol. The molecule has 1 aromatic heterocycles. The number of nitrogens with zero attached hydrogens (tertiary/aromatic N) is 3. The number of ether oxygens (including phenoxy) is 4. The van der Waals surface area contributed by atoms with Crippen LogP contribution in [0.15, 0.2) is 200 Å². The molecule has 15 nitrogen and oxygen atoms in total. The van der Waals surface area contributed by atoms with Crippen LogP contribution in [0.2, 0.25) is 0 Å². The number of methoxy groups -OCH3 is 4. The van der Waals surface area contributed by atoms with Crippen molar-refractivity contribution >= 4 is 70.2 Å². The SMILES string of the molecule is COc1ccc(C(CC(=O)c2ccc(C)cc2)SCCO)cc1.COc1ccc(C(CC(=O)c2ccc(C)cc2)SCCO)cc1.COc1ccc(C(CC(=O)c2ccc(C)cc2)SCCO)cc1.COc1ccc(C(CC(=O)c2ccccc2)SCc2nn[nH]n2)cc1. The second-order valence-electron chi connectivity index (χ2n) is 21.4. The lowest BCUT2D eigenvalue weighted by Crippen LogP contribution is -2.07. The minimum absolute atomic E-state index is 0.00267. The number of benzene rings is 8. The summed E-state index contributed by atoms with van der Waals surface area (Å²) in [6.45, 7) is 6.34. The minimum atomic E-state index is -0.00267. The molecule has 4 unspecified atom stereocenters. The number of ketones is 4. The lowest BCUT2D eigenvalue weighted by atomic mass is 10.0. The zero-order valence-electron chi connectivity index (χ0n) is 54.2. The van der Waals surface area contributed by atoms with E-state index in [1.54, 1.807) is 75.5 Å². The van der Waals surface area contributed by atoms with Gasteiger partial charge in [-0.2, -0.15) is 40.5 Å². The summed E-state index contributed by atoms with van der Waals surface area (Å²) in [4.78, 5) is 50.2. The highest BCUT2D eigenvalue weighted by molar-refractivity contribution is 8.00. The smallest absolute Gasteiger partial charge is 0.184 e. The zero-order valence-corrected chi connectivity index (χ0v) is 57.5. The summed E-state index contributed by atoms with van der Waals surface area (Å²) in [7, 11) is 6.53. The lowest BCUT2D eigenvalue weighted by Gasteiger charge is -2.16. The first-order chi connectivity index (χ1) is 45.7. The molecule has 0 aliphatic heterocycles. The topological polar surface area (TPSA) is 220 Å². The molecule has 4 atom stereocenters. The van der Waals surface area contributed by atoms with Gasteiger partial charge in [0.15, 0.2) is 29.0 Å². The number of Topliss-reactive ketones (excluding diaryl/α,β-unsaturated/α-hetero) is 4. The van der Waals surface area contributed by atoms with E-state index in [1.165, 1.54) is 0 Å². The van der Waals surface area contributed by atoms with Gasteiger partial charge in [-0.05, 0) is 91.6 Å². The van der Waals surface area contributed by atoms with Crippen molar-refractivity contribution in [3.63, 3.8) is 0 Å². The largest absolute Gasteiger partial charge is 0.497 e. The molecule has 4 N–H and O–H groups in total. The van der Waals surface area contributed by atoms with Crippen LogP contribution in [0.4, 0.5) is 0 Å². The van der Waals surface area contributed by atoms with E-state index in [2.05, 4.69) is 20.6 Å². The molecule has 0 fully saturated rings. The standard InChI is InChI=1S/3C19H22O3S.C18H18N4O2S/c3*1-14-3-5-15(6-4-14)18(21)13-19(23-12-11-20)16-7-9-17(22-2)10-8-16;1-24-15-9-7-14(8-10-15)17(25-12-18-19-21-22-20-18)11-16(23)13-5-3-2-4-6-13/h3*3-10,19-20H,11-13H2,1-2H3;2-10,17H,11-12H2,1H3,(H,19,20,21,22). The Kier molecular flexibility index (Phi) is 33.2. The van der Waals surface area contributed by atoms with Gasteiger partial charge in [0.05, 0.1) is 54.0 Å². The van der Waals surface area contributed by atoms with Crippen molar-refractivity contribution in [1.82, 2.24) is 20.6 Å². The molecular formula is C75H84N4O11S4. The van der Waals surface area contributed by atoms with Gasteiger partial charge in [0.2, 0.25) is 0 Å². The molecule has 0 saturated carbocycles. The van der Waals surface area contributed by atoms with Gasteiger partial charge < -0.3 is 34.3 Å². The van der Waals surface area contributed by atoms with Crippen molar-refractivity contribution in [2.75, 3.05) is 65.5 Å². The molecule has 94 heavy (non-hydrogen) atoms. The van der Waals surface area contributed by atoms with Gasteiger partial charge in [-0.25, -0.2) is 0 Å². The third-order valence-corrected chi connectivity index (χ3v) is 19.7. The van der Waals surface area contributed by atoms with Crippen molar-refractivity contribution in [3.8, 4) is 23.0 Å². The number of carbonyl (C=O) groups is 4. The molecule has 0 bridgehead atoms. The maximum atomic E-state index is 12.6. The first kappa shape index (κ1) is 75.0. The Balaban J connectivity index is 0.000000199. The van der Waals surface area contributed by atoms with Gasteiger partial charge >= 0.3 is 0 Å². The fourth-order valence-corrected chi connectivity index (χ4v) is 13.5. The predicted octanol–water partition coefficient (Wildman–Crippen LogP) is 15.6. The Bertz CT molecular complexity index is 3350. The van der Waals surface area contributed by atoms with E-state index in [0.29, 0.717) is 54.5 Å². The van der Waals surface area contributed by atoms with Crippen LogP contribution in [0, 0.1) is 20.8 Å². The van der Waals surface area contributed by atoms with E-state index in [4.69, 9.17) is 34.3 Å². The maximum absolute atomic E-state index is 12.6. The first-order valence-corrected chi connectivity index (χ1v) is 34.8. The van der Waals surface area contributed by atoms with Gasteiger partial charge in [0, 0.05) is 86.2 Å². The molecule has 9 aromatic rings. The van der Waals surface area contributed by atoms with Crippen LogP contribution in [0.5, 0.6) is 23.0 Å². The number of hydrogen-bond donors (Lipinski definition) is 4. The molecule has 494 valence electrons. The van der Waals surface area contributed by atoms with Crippen molar-refractivity contribution < 1.29 is 53.4 Å². The van der Waals surface area contributed by atoms with Gasteiger partial charge in [-0.1, -0.05) is 174 Å². The molecular weight excluding hydrogens is 1260 g/mol. The number of hydrogen-bond acceptors (Lipinski definition) is 18. The molecule has 0 spiro atoms. The number of aliphatic hydroxyl groups excluding tert-OH is 3. The molecule has 1 heterocycles. The van der Waals surface area contributed by atoms with E-state index in [-0.39, 0.29) is 64.0 Å². The van der Waals surface area contributed by atoms with Crippen molar-refractivity contribution in [2.45, 2.75) is 73.2 Å². The molecule has 0 amide bonds. The molecule has 0 saturated heterocycles. The summed E-state index contributed by atoms with van der Waals surface area (Å²) in [6.07, 6.45) is 1.65. The van der Waals surface area contributed by atoms with E-state index >= 15 is 0 Å². The second-order valence-corrected chi connectivity index (χ2v) is 26.6. The highest BCUT2D eigenvalue weighted by atomic mass is 32.2. The number of aliphatic hydroxyl groups is 3. The number of rotatable bonds is 32. The maximum Gasteiger partial charge on any atom is 0.184 e. The summed E-state index contributed by atoms with van der Waals surface area (Å²) in [5, 5.41) is 41.4. The molecule has 9 rings (SSSR count). The second kappa shape index (κ2) is 41.6. The van der Waals surface area contributed by atoms with Crippen molar-refractivity contribution in [1.29, 1.82) is 0 Å². The Morgan fingerprint density at radius 3 is 0.883 bits per heavy atom. The van der Waals surface area contributed by atoms with Crippen molar-refractivity contribution in [3.05, 3.63) is 267 Å². The third kappa shape index (κ3) is 25.7. The number of nitrogens with one attached hydrogen (secondary N) is 1. The summed E-state index contributed by atoms with van der Waals surface area (Å²) < 4.78 is 20.7. The van der Waals surface area contributed by atoms with Crippen molar-refractivity contribution in [2.24, 2.45) is 0 Å². The Morgan fingerprint density at radius 2 is 0.638 bits per heavy atom. The Morgan fingerprint density at radius 1 is 0.372 bits per heavy atom. The van der Waals surface area contributed by atoms with Crippen LogP contribution >= 0.6 is 47.0 Å². The number of carbonyl (C=O) groups excluding carboxylic acids is 4. The molecule has 19 heteroatoms. The van der Waals surface area contributed by atoms with E-state index < -0.39 is 0 Å².